The molecular weight excluding hydrogens is 348 g/mol. The number of nitrogens with one attached hydrogen (secondary N) is 1. The zero-order valence-electron chi connectivity index (χ0n) is 14.7. The molecule has 1 heterocycles. The lowest BCUT2D eigenvalue weighted by molar-refractivity contribution is -0.384. The zero-order chi connectivity index (χ0) is 19.4. The molecule has 3 rings (SSSR count). The van der Waals surface area contributed by atoms with Gasteiger partial charge < -0.3 is 10.1 Å². The van der Waals surface area contributed by atoms with E-state index in [-0.39, 0.29) is 17.3 Å². The van der Waals surface area contributed by atoms with Crippen LogP contribution >= 0.6 is 0 Å². The van der Waals surface area contributed by atoms with Gasteiger partial charge in [-0.2, -0.15) is 9.97 Å². The lowest BCUT2D eigenvalue weighted by Crippen LogP contribution is -2.15. The molecule has 0 unspecified atom stereocenters. The summed E-state index contributed by atoms with van der Waals surface area (Å²) in [4.78, 5) is 31.3. The van der Waals surface area contributed by atoms with Gasteiger partial charge in [-0.05, 0) is 32.0 Å². The monoisotopic (exact) mass is 364 g/mol. The molecule has 0 saturated carbocycles. The molecule has 3 aromatic rings. The fraction of sp³-hybridized carbons (Fsp3) is 0.105. The van der Waals surface area contributed by atoms with Crippen molar-refractivity contribution in [2.75, 3.05) is 5.32 Å². The number of benzene rings is 2. The van der Waals surface area contributed by atoms with E-state index >= 15 is 0 Å². The van der Waals surface area contributed by atoms with Gasteiger partial charge in [0.1, 0.15) is 5.75 Å². The van der Waals surface area contributed by atoms with Crippen LogP contribution < -0.4 is 10.1 Å². The number of nitrogens with zero attached hydrogens (tertiary/aromatic N) is 3. The SMILES string of the molecule is Cc1nc(Oc2ccccc2)nc(C)c1NC(=O)c1cccc([N+](=O)[O-])c1. The molecule has 0 spiro atoms. The fourth-order valence-corrected chi connectivity index (χ4v) is 2.45. The summed E-state index contributed by atoms with van der Waals surface area (Å²) >= 11 is 0. The second kappa shape index (κ2) is 7.61. The van der Waals surface area contributed by atoms with Gasteiger partial charge in [0, 0.05) is 17.7 Å². The summed E-state index contributed by atoms with van der Waals surface area (Å²) in [5.74, 6) is 0.120. The van der Waals surface area contributed by atoms with Gasteiger partial charge in [-0.1, -0.05) is 24.3 Å². The Kier molecular flexibility index (Phi) is 5.07. The van der Waals surface area contributed by atoms with Gasteiger partial charge in [0.05, 0.1) is 22.0 Å². The van der Waals surface area contributed by atoms with E-state index in [0.717, 1.165) is 0 Å². The van der Waals surface area contributed by atoms with E-state index in [1.807, 2.05) is 18.2 Å². The number of amides is 1. The Labute approximate surface area is 155 Å². The van der Waals surface area contributed by atoms with E-state index < -0.39 is 10.8 Å². The number of non-ortho nitro benzene ring substituents is 1. The second-order valence-corrected chi connectivity index (χ2v) is 5.73. The Balaban J connectivity index is 1.82. The number of carbonyl (C=O) groups is 1. The van der Waals surface area contributed by atoms with Crippen molar-refractivity contribution in [2.45, 2.75) is 13.8 Å². The van der Waals surface area contributed by atoms with Crippen LogP contribution in [0, 0.1) is 24.0 Å². The zero-order valence-corrected chi connectivity index (χ0v) is 14.7. The summed E-state index contributed by atoms with van der Waals surface area (Å²) < 4.78 is 5.62. The molecule has 27 heavy (non-hydrogen) atoms. The number of rotatable bonds is 5. The molecule has 136 valence electrons. The van der Waals surface area contributed by atoms with Crippen LogP contribution in [0.4, 0.5) is 11.4 Å². The van der Waals surface area contributed by atoms with Crippen LogP contribution in [0.25, 0.3) is 0 Å². The first-order chi connectivity index (χ1) is 12.9. The van der Waals surface area contributed by atoms with Crippen molar-refractivity contribution in [3.63, 3.8) is 0 Å². The number of aromatic nitrogens is 2. The predicted octanol–water partition coefficient (Wildman–Crippen LogP) is 4.05. The van der Waals surface area contributed by atoms with Gasteiger partial charge in [-0.25, -0.2) is 0 Å². The average Bonchev–Trinajstić information content (AvgIpc) is 2.65. The number of nitro groups is 1. The standard InChI is InChI=1S/C19H16N4O4/c1-12-17(22-18(24)14-7-6-8-15(11-14)23(25)26)13(2)21-19(20-12)27-16-9-4-3-5-10-16/h3-11H,1-2H3,(H,22,24). The highest BCUT2D eigenvalue weighted by Gasteiger charge is 2.16. The molecule has 2 aromatic carbocycles. The number of hydrogen-bond acceptors (Lipinski definition) is 6. The molecular formula is C19H16N4O4. The lowest BCUT2D eigenvalue weighted by Gasteiger charge is -2.12. The first kappa shape index (κ1) is 18.0. The van der Waals surface area contributed by atoms with E-state index in [1.54, 1.807) is 26.0 Å². The van der Waals surface area contributed by atoms with E-state index in [1.165, 1.54) is 24.3 Å². The maximum absolute atomic E-state index is 12.4. The molecule has 0 bridgehead atoms. The van der Waals surface area contributed by atoms with Crippen molar-refractivity contribution in [3.05, 3.63) is 81.7 Å². The normalized spacial score (nSPS) is 10.3. The Morgan fingerprint density at radius 1 is 1.04 bits per heavy atom. The van der Waals surface area contributed by atoms with Crippen LogP contribution in [0.3, 0.4) is 0 Å². The summed E-state index contributed by atoms with van der Waals surface area (Å²) in [6.45, 7) is 3.44. The third kappa shape index (κ3) is 4.24. The van der Waals surface area contributed by atoms with Crippen molar-refractivity contribution < 1.29 is 14.5 Å². The lowest BCUT2D eigenvalue weighted by atomic mass is 10.2. The van der Waals surface area contributed by atoms with Crippen molar-refractivity contribution in [1.82, 2.24) is 9.97 Å². The van der Waals surface area contributed by atoms with Crippen molar-refractivity contribution in [3.8, 4) is 11.8 Å². The average molecular weight is 364 g/mol. The van der Waals surface area contributed by atoms with Gasteiger partial charge in [-0.15, -0.1) is 0 Å². The fourth-order valence-electron chi connectivity index (χ4n) is 2.45. The van der Waals surface area contributed by atoms with Crippen LogP contribution in [-0.4, -0.2) is 20.8 Å². The second-order valence-electron chi connectivity index (χ2n) is 5.73. The molecule has 0 radical (unpaired) electrons. The molecule has 1 amide bonds. The number of para-hydroxylation sites is 1. The number of aryl methyl sites for hydroxylation is 2. The number of ether oxygens (including phenoxy) is 1. The third-order valence-electron chi connectivity index (χ3n) is 3.76. The Morgan fingerprint density at radius 3 is 2.33 bits per heavy atom. The number of anilines is 1. The Bertz CT molecular complexity index is 983. The highest BCUT2D eigenvalue weighted by atomic mass is 16.6. The van der Waals surface area contributed by atoms with Crippen LogP contribution in [0.1, 0.15) is 21.7 Å². The van der Waals surface area contributed by atoms with E-state index in [4.69, 9.17) is 4.74 Å². The van der Waals surface area contributed by atoms with Crippen LogP contribution in [0.2, 0.25) is 0 Å². The number of nitro benzene ring substituents is 1. The van der Waals surface area contributed by atoms with Gasteiger partial charge in [0.25, 0.3) is 11.6 Å². The van der Waals surface area contributed by atoms with Crippen LogP contribution in [0.15, 0.2) is 54.6 Å². The first-order valence-electron chi connectivity index (χ1n) is 8.08. The highest BCUT2D eigenvalue weighted by Crippen LogP contribution is 2.24. The Hall–Kier alpha value is -3.81. The van der Waals surface area contributed by atoms with E-state index in [9.17, 15) is 14.9 Å². The molecule has 0 fully saturated rings. The minimum Gasteiger partial charge on any atom is -0.424 e. The molecule has 1 N–H and O–H groups in total. The summed E-state index contributed by atoms with van der Waals surface area (Å²) in [5, 5.41) is 13.6. The van der Waals surface area contributed by atoms with Crippen LogP contribution in [-0.2, 0) is 0 Å². The molecule has 0 atom stereocenters. The molecule has 0 aliphatic carbocycles. The van der Waals surface area contributed by atoms with Gasteiger partial charge in [0.2, 0.25) is 0 Å². The summed E-state index contributed by atoms with van der Waals surface area (Å²) in [6, 6.07) is 14.8. The minimum atomic E-state index is -0.549. The first-order valence-corrected chi connectivity index (χ1v) is 8.08. The predicted molar refractivity (Wildman–Crippen MR) is 99.1 cm³/mol. The topological polar surface area (TPSA) is 107 Å². The molecule has 8 nitrogen and oxygen atoms in total. The highest BCUT2D eigenvalue weighted by molar-refractivity contribution is 6.05. The third-order valence-corrected chi connectivity index (χ3v) is 3.76. The molecule has 0 aliphatic heterocycles. The van der Waals surface area contributed by atoms with Crippen molar-refractivity contribution >= 4 is 17.3 Å². The van der Waals surface area contributed by atoms with Crippen LogP contribution in [0.5, 0.6) is 11.8 Å². The quantitative estimate of drug-likeness (QED) is 0.541. The van der Waals surface area contributed by atoms with E-state index in [2.05, 4.69) is 15.3 Å². The van der Waals surface area contributed by atoms with Gasteiger partial charge in [-0.3, -0.25) is 14.9 Å². The molecule has 8 heteroatoms. The summed E-state index contributed by atoms with van der Waals surface area (Å²) in [5.41, 5.74) is 1.50. The minimum absolute atomic E-state index is 0.154. The maximum Gasteiger partial charge on any atom is 0.322 e. The molecule has 0 aliphatic rings. The van der Waals surface area contributed by atoms with Crippen molar-refractivity contribution in [2.24, 2.45) is 0 Å². The van der Waals surface area contributed by atoms with E-state index in [0.29, 0.717) is 22.8 Å². The number of hydrogen-bond donors (Lipinski definition) is 1. The molecule has 1 aromatic heterocycles. The van der Waals surface area contributed by atoms with Gasteiger partial charge >= 0.3 is 6.01 Å². The maximum atomic E-state index is 12.4. The number of carbonyl (C=O) groups excluding carboxylic acids is 1. The Morgan fingerprint density at radius 2 is 1.70 bits per heavy atom. The summed E-state index contributed by atoms with van der Waals surface area (Å²) in [6.07, 6.45) is 0. The largest absolute Gasteiger partial charge is 0.424 e. The van der Waals surface area contributed by atoms with Crippen molar-refractivity contribution in [1.29, 1.82) is 0 Å². The molecule has 0 saturated heterocycles. The summed E-state index contributed by atoms with van der Waals surface area (Å²) in [7, 11) is 0. The van der Waals surface area contributed by atoms with Gasteiger partial charge in [0.15, 0.2) is 0 Å². The smallest absolute Gasteiger partial charge is 0.322 e.